The maximum atomic E-state index is 12.0. The van der Waals surface area contributed by atoms with Crippen LogP contribution in [0.3, 0.4) is 0 Å². The Hall–Kier alpha value is -1.78. The van der Waals surface area contributed by atoms with Crippen LogP contribution in [0.25, 0.3) is 11.0 Å². The quantitative estimate of drug-likeness (QED) is 0.745. The molecule has 3 rings (SSSR count). The molecule has 0 radical (unpaired) electrons. The molecule has 0 bridgehead atoms. The van der Waals surface area contributed by atoms with Crippen LogP contribution >= 0.6 is 0 Å². The van der Waals surface area contributed by atoms with Crippen molar-refractivity contribution in [1.82, 2.24) is 24.1 Å². The molecule has 24 heavy (non-hydrogen) atoms. The van der Waals surface area contributed by atoms with Crippen LogP contribution in [-0.2, 0) is 28.4 Å². The summed E-state index contributed by atoms with van der Waals surface area (Å²) in [4.78, 5) is 11.2. The van der Waals surface area contributed by atoms with Crippen molar-refractivity contribution < 1.29 is 13.2 Å². The fraction of sp³-hybridized carbons (Fsp3) is 0.643. The molecule has 10 heteroatoms. The second-order valence-electron chi connectivity index (χ2n) is 5.69. The summed E-state index contributed by atoms with van der Waals surface area (Å²) in [6, 6.07) is 0. The SMILES string of the molecule is CCS(=O)(=O)N1CCN(c2nc(COC)nc3c2cnn3C)CC1. The maximum absolute atomic E-state index is 12.0. The van der Waals surface area contributed by atoms with Crippen LogP contribution in [0.1, 0.15) is 12.7 Å². The Kier molecular flexibility index (Phi) is 4.70. The van der Waals surface area contributed by atoms with Crippen molar-refractivity contribution in [3.63, 3.8) is 0 Å². The second-order valence-corrected chi connectivity index (χ2v) is 7.95. The lowest BCUT2D eigenvalue weighted by Gasteiger charge is -2.34. The van der Waals surface area contributed by atoms with Crippen LogP contribution in [0.5, 0.6) is 0 Å². The first-order valence-electron chi connectivity index (χ1n) is 7.86. The molecule has 0 atom stereocenters. The molecule has 9 nitrogen and oxygen atoms in total. The van der Waals surface area contributed by atoms with Gasteiger partial charge in [-0.3, -0.25) is 4.68 Å². The summed E-state index contributed by atoms with van der Waals surface area (Å²) in [6.07, 6.45) is 1.75. The summed E-state index contributed by atoms with van der Waals surface area (Å²) in [5, 5.41) is 5.13. The Bertz CT molecular complexity index is 826. The zero-order valence-electron chi connectivity index (χ0n) is 14.1. The molecule has 1 aliphatic rings. The zero-order valence-corrected chi connectivity index (χ0v) is 15.0. The lowest BCUT2D eigenvalue weighted by atomic mass is 10.3. The highest BCUT2D eigenvalue weighted by molar-refractivity contribution is 7.89. The Balaban J connectivity index is 1.90. The first kappa shape index (κ1) is 17.1. The summed E-state index contributed by atoms with van der Waals surface area (Å²) in [7, 11) is 0.292. The number of anilines is 1. The zero-order chi connectivity index (χ0) is 17.3. The van der Waals surface area contributed by atoms with Gasteiger partial charge in [-0.1, -0.05) is 0 Å². The number of hydrogen-bond acceptors (Lipinski definition) is 7. The molecule has 3 heterocycles. The van der Waals surface area contributed by atoms with Crippen molar-refractivity contribution in [3.05, 3.63) is 12.0 Å². The third-order valence-corrected chi connectivity index (χ3v) is 6.07. The van der Waals surface area contributed by atoms with Crippen LogP contribution in [0.15, 0.2) is 6.20 Å². The van der Waals surface area contributed by atoms with Crippen molar-refractivity contribution in [2.75, 3.05) is 43.9 Å². The van der Waals surface area contributed by atoms with E-state index in [1.165, 1.54) is 0 Å². The standard InChI is InChI=1S/C14H22N6O3S/c1-4-24(21,22)20-7-5-19(6-8-20)14-11-9-15-18(2)13(11)16-12(17-14)10-23-3/h9H,4-8,10H2,1-3H3. The number of methoxy groups -OCH3 is 1. The first-order chi connectivity index (χ1) is 11.5. The van der Waals surface area contributed by atoms with Crippen LogP contribution in [0.2, 0.25) is 0 Å². The fourth-order valence-electron chi connectivity index (χ4n) is 2.85. The van der Waals surface area contributed by atoms with Crippen LogP contribution in [0, 0.1) is 0 Å². The molecule has 0 amide bonds. The van der Waals surface area contributed by atoms with E-state index in [0.29, 0.717) is 38.6 Å². The van der Waals surface area contributed by atoms with E-state index in [4.69, 9.17) is 4.74 Å². The fourth-order valence-corrected chi connectivity index (χ4v) is 3.93. The number of fused-ring (bicyclic) bond motifs is 1. The Morgan fingerprint density at radius 3 is 2.54 bits per heavy atom. The van der Waals surface area contributed by atoms with E-state index in [9.17, 15) is 8.42 Å². The second kappa shape index (κ2) is 6.61. The number of rotatable bonds is 5. The minimum atomic E-state index is -3.14. The number of sulfonamides is 1. The van der Waals surface area contributed by atoms with Crippen molar-refractivity contribution in [2.24, 2.45) is 7.05 Å². The molecule has 2 aromatic rings. The number of piperazine rings is 1. The first-order valence-corrected chi connectivity index (χ1v) is 9.47. The molecular weight excluding hydrogens is 332 g/mol. The number of aryl methyl sites for hydroxylation is 1. The topological polar surface area (TPSA) is 93.5 Å². The summed E-state index contributed by atoms with van der Waals surface area (Å²) in [6.45, 7) is 4.09. The average Bonchev–Trinajstić information content (AvgIpc) is 2.96. The molecule has 0 N–H and O–H groups in total. The predicted molar refractivity (Wildman–Crippen MR) is 90.3 cm³/mol. The summed E-state index contributed by atoms with van der Waals surface area (Å²) in [5.74, 6) is 1.51. The molecule has 0 saturated carbocycles. The van der Waals surface area contributed by atoms with Gasteiger partial charge in [-0.15, -0.1) is 0 Å². The van der Waals surface area contributed by atoms with E-state index in [0.717, 1.165) is 16.9 Å². The minimum Gasteiger partial charge on any atom is -0.377 e. The molecule has 2 aromatic heterocycles. The summed E-state index contributed by atoms with van der Waals surface area (Å²) in [5.41, 5.74) is 0.746. The number of ether oxygens (including phenoxy) is 1. The van der Waals surface area contributed by atoms with E-state index in [-0.39, 0.29) is 5.75 Å². The van der Waals surface area contributed by atoms with Gasteiger partial charge in [0.1, 0.15) is 12.4 Å². The van der Waals surface area contributed by atoms with Crippen LogP contribution < -0.4 is 4.90 Å². The van der Waals surface area contributed by atoms with Gasteiger partial charge in [0.15, 0.2) is 11.5 Å². The number of nitrogens with zero attached hydrogens (tertiary/aromatic N) is 6. The molecule has 132 valence electrons. The molecule has 0 aromatic carbocycles. The van der Waals surface area contributed by atoms with Crippen molar-refractivity contribution in [2.45, 2.75) is 13.5 Å². The van der Waals surface area contributed by atoms with Crippen molar-refractivity contribution in [3.8, 4) is 0 Å². The average molecular weight is 354 g/mol. The molecule has 0 unspecified atom stereocenters. The number of aromatic nitrogens is 4. The molecule has 0 aliphatic carbocycles. The van der Waals surface area contributed by atoms with Crippen LogP contribution in [-0.4, -0.2) is 71.5 Å². The van der Waals surface area contributed by atoms with E-state index in [1.54, 1.807) is 29.2 Å². The molecular formula is C14H22N6O3S. The highest BCUT2D eigenvalue weighted by Gasteiger charge is 2.27. The summed E-state index contributed by atoms with van der Waals surface area (Å²) < 4.78 is 32.4. The molecule has 1 aliphatic heterocycles. The maximum Gasteiger partial charge on any atom is 0.213 e. The van der Waals surface area contributed by atoms with Gasteiger partial charge in [-0.25, -0.2) is 18.4 Å². The normalized spacial score (nSPS) is 16.9. The third-order valence-electron chi connectivity index (χ3n) is 4.19. The molecule has 1 saturated heterocycles. The largest absolute Gasteiger partial charge is 0.377 e. The Morgan fingerprint density at radius 2 is 1.92 bits per heavy atom. The summed E-state index contributed by atoms with van der Waals surface area (Å²) >= 11 is 0. The van der Waals surface area contributed by atoms with Crippen molar-refractivity contribution in [1.29, 1.82) is 0 Å². The van der Waals surface area contributed by atoms with Gasteiger partial charge in [-0.2, -0.15) is 9.40 Å². The van der Waals surface area contributed by atoms with Crippen molar-refractivity contribution >= 4 is 26.9 Å². The lowest BCUT2D eigenvalue weighted by Crippen LogP contribution is -2.49. The van der Waals surface area contributed by atoms with Gasteiger partial charge < -0.3 is 9.64 Å². The molecule has 0 spiro atoms. The van der Waals surface area contributed by atoms with E-state index < -0.39 is 10.0 Å². The lowest BCUT2D eigenvalue weighted by molar-refractivity contribution is 0.178. The Morgan fingerprint density at radius 1 is 1.21 bits per heavy atom. The monoisotopic (exact) mass is 354 g/mol. The van der Waals surface area contributed by atoms with Crippen LogP contribution in [0.4, 0.5) is 5.82 Å². The predicted octanol–water partition coefficient (Wildman–Crippen LogP) is -0.0186. The van der Waals surface area contributed by atoms with E-state index in [2.05, 4.69) is 20.0 Å². The molecule has 1 fully saturated rings. The minimum absolute atomic E-state index is 0.130. The van der Waals surface area contributed by atoms with E-state index in [1.807, 2.05) is 7.05 Å². The van der Waals surface area contributed by atoms with Gasteiger partial charge in [0, 0.05) is 40.3 Å². The number of hydrogen-bond donors (Lipinski definition) is 0. The Labute approximate surface area is 141 Å². The third kappa shape index (κ3) is 3.08. The van der Waals surface area contributed by atoms with Gasteiger partial charge in [-0.05, 0) is 6.92 Å². The smallest absolute Gasteiger partial charge is 0.213 e. The van der Waals surface area contributed by atoms with Gasteiger partial charge in [0.2, 0.25) is 10.0 Å². The van der Waals surface area contributed by atoms with Gasteiger partial charge >= 0.3 is 0 Å². The highest BCUT2D eigenvalue weighted by Crippen LogP contribution is 2.25. The van der Waals surface area contributed by atoms with E-state index >= 15 is 0 Å². The van der Waals surface area contributed by atoms with Gasteiger partial charge in [0.25, 0.3) is 0 Å². The highest BCUT2D eigenvalue weighted by atomic mass is 32.2. The van der Waals surface area contributed by atoms with Gasteiger partial charge in [0.05, 0.1) is 17.3 Å².